The molecule has 3 atom stereocenters. The van der Waals surface area contributed by atoms with Gasteiger partial charge < -0.3 is 14.6 Å². The molecule has 0 bridgehead atoms. The van der Waals surface area contributed by atoms with E-state index in [9.17, 15) is 5.11 Å². The number of rotatable bonds is 3. The van der Waals surface area contributed by atoms with Crippen molar-refractivity contribution >= 4 is 0 Å². The van der Waals surface area contributed by atoms with Crippen LogP contribution >= 0.6 is 0 Å². The van der Waals surface area contributed by atoms with Crippen molar-refractivity contribution in [2.75, 3.05) is 6.61 Å². The standard InChI is InChI=1S/C10H18O3/c1-5-7(2)9(11)8-6-12-10(3,4)13-8/h5,7-9,11H,1,6H2,2-4H3/t7-,8-,9+/m0/s1. The highest BCUT2D eigenvalue weighted by molar-refractivity contribution is 4.88. The van der Waals surface area contributed by atoms with Gasteiger partial charge in [0.15, 0.2) is 5.79 Å². The zero-order chi connectivity index (χ0) is 10.1. The van der Waals surface area contributed by atoms with Gasteiger partial charge in [0.05, 0.1) is 12.7 Å². The van der Waals surface area contributed by atoms with E-state index in [0.717, 1.165) is 0 Å². The zero-order valence-electron chi connectivity index (χ0n) is 8.49. The van der Waals surface area contributed by atoms with Gasteiger partial charge in [-0.1, -0.05) is 13.0 Å². The molecule has 0 radical (unpaired) electrons. The zero-order valence-corrected chi connectivity index (χ0v) is 8.49. The largest absolute Gasteiger partial charge is 0.390 e. The van der Waals surface area contributed by atoms with E-state index in [-0.39, 0.29) is 12.0 Å². The molecule has 0 spiro atoms. The fourth-order valence-electron chi connectivity index (χ4n) is 1.36. The Balaban J connectivity index is 2.51. The van der Waals surface area contributed by atoms with Crippen LogP contribution in [0.1, 0.15) is 20.8 Å². The summed E-state index contributed by atoms with van der Waals surface area (Å²) in [4.78, 5) is 0. The summed E-state index contributed by atoms with van der Waals surface area (Å²) >= 11 is 0. The molecule has 13 heavy (non-hydrogen) atoms. The van der Waals surface area contributed by atoms with Gasteiger partial charge in [-0.05, 0) is 13.8 Å². The Kier molecular flexibility index (Phi) is 3.11. The summed E-state index contributed by atoms with van der Waals surface area (Å²) in [6.45, 7) is 9.68. The quantitative estimate of drug-likeness (QED) is 0.676. The normalized spacial score (nSPS) is 31.2. The van der Waals surface area contributed by atoms with Crippen molar-refractivity contribution in [3.63, 3.8) is 0 Å². The molecule has 1 fully saturated rings. The van der Waals surface area contributed by atoms with Gasteiger partial charge in [0, 0.05) is 5.92 Å². The predicted molar refractivity (Wildman–Crippen MR) is 50.3 cm³/mol. The van der Waals surface area contributed by atoms with Gasteiger partial charge in [-0.2, -0.15) is 0 Å². The van der Waals surface area contributed by atoms with E-state index in [2.05, 4.69) is 6.58 Å². The van der Waals surface area contributed by atoms with Crippen molar-refractivity contribution < 1.29 is 14.6 Å². The van der Waals surface area contributed by atoms with Gasteiger partial charge >= 0.3 is 0 Å². The van der Waals surface area contributed by atoms with Crippen LogP contribution in [-0.4, -0.2) is 29.7 Å². The lowest BCUT2D eigenvalue weighted by Gasteiger charge is -2.22. The van der Waals surface area contributed by atoms with Gasteiger partial charge in [-0.15, -0.1) is 6.58 Å². The van der Waals surface area contributed by atoms with Crippen molar-refractivity contribution in [1.29, 1.82) is 0 Å². The highest BCUT2D eigenvalue weighted by Crippen LogP contribution is 2.26. The Labute approximate surface area is 79.3 Å². The Morgan fingerprint density at radius 3 is 2.62 bits per heavy atom. The molecule has 1 heterocycles. The van der Waals surface area contributed by atoms with Crippen molar-refractivity contribution in [2.45, 2.75) is 38.8 Å². The highest BCUT2D eigenvalue weighted by atomic mass is 16.7. The van der Waals surface area contributed by atoms with Gasteiger partial charge in [-0.25, -0.2) is 0 Å². The smallest absolute Gasteiger partial charge is 0.163 e. The van der Waals surface area contributed by atoms with Gasteiger partial charge in [0.25, 0.3) is 0 Å². The van der Waals surface area contributed by atoms with E-state index in [1.165, 1.54) is 0 Å². The highest BCUT2D eigenvalue weighted by Gasteiger charge is 2.37. The van der Waals surface area contributed by atoms with Crippen LogP contribution in [0.25, 0.3) is 0 Å². The molecule has 0 aromatic rings. The van der Waals surface area contributed by atoms with Crippen molar-refractivity contribution in [2.24, 2.45) is 5.92 Å². The van der Waals surface area contributed by atoms with Crippen LogP contribution in [0.5, 0.6) is 0 Å². The summed E-state index contributed by atoms with van der Waals surface area (Å²) in [6, 6.07) is 0. The van der Waals surface area contributed by atoms with Crippen LogP contribution in [0.3, 0.4) is 0 Å². The molecule has 0 unspecified atom stereocenters. The number of aliphatic hydroxyl groups is 1. The molecular formula is C10H18O3. The van der Waals surface area contributed by atoms with E-state index >= 15 is 0 Å². The van der Waals surface area contributed by atoms with E-state index in [4.69, 9.17) is 9.47 Å². The van der Waals surface area contributed by atoms with Crippen LogP contribution < -0.4 is 0 Å². The molecule has 0 aromatic carbocycles. The first-order valence-corrected chi connectivity index (χ1v) is 4.58. The van der Waals surface area contributed by atoms with E-state index < -0.39 is 11.9 Å². The Bertz CT molecular complexity index is 189. The Morgan fingerprint density at radius 2 is 2.23 bits per heavy atom. The Morgan fingerprint density at radius 1 is 1.62 bits per heavy atom. The Hall–Kier alpha value is -0.380. The van der Waals surface area contributed by atoms with Crippen LogP contribution in [0.4, 0.5) is 0 Å². The maximum absolute atomic E-state index is 9.77. The first-order chi connectivity index (χ1) is 5.96. The van der Waals surface area contributed by atoms with Crippen molar-refractivity contribution in [3.05, 3.63) is 12.7 Å². The third kappa shape index (κ3) is 2.53. The molecule has 0 amide bonds. The summed E-state index contributed by atoms with van der Waals surface area (Å²) < 4.78 is 10.9. The minimum Gasteiger partial charge on any atom is -0.390 e. The topological polar surface area (TPSA) is 38.7 Å². The predicted octanol–water partition coefficient (Wildman–Crippen LogP) is 1.32. The first-order valence-electron chi connectivity index (χ1n) is 4.58. The van der Waals surface area contributed by atoms with Crippen LogP contribution in [-0.2, 0) is 9.47 Å². The lowest BCUT2D eigenvalue weighted by atomic mass is 10.0. The molecule has 1 N–H and O–H groups in total. The minimum atomic E-state index is -0.563. The number of aliphatic hydroxyl groups excluding tert-OH is 1. The molecule has 3 heteroatoms. The summed E-state index contributed by atoms with van der Waals surface area (Å²) in [5, 5.41) is 9.77. The number of ether oxygens (including phenoxy) is 2. The average molecular weight is 186 g/mol. The molecule has 0 aliphatic carbocycles. The maximum atomic E-state index is 9.77. The summed E-state index contributed by atoms with van der Waals surface area (Å²) in [5.41, 5.74) is 0. The third-order valence-electron chi connectivity index (χ3n) is 2.32. The third-order valence-corrected chi connectivity index (χ3v) is 2.32. The van der Waals surface area contributed by atoms with E-state index in [0.29, 0.717) is 6.61 Å². The molecule has 1 rings (SSSR count). The number of hydrogen-bond donors (Lipinski definition) is 1. The molecule has 0 saturated carbocycles. The molecule has 1 aliphatic heterocycles. The molecule has 76 valence electrons. The van der Waals surface area contributed by atoms with Gasteiger partial charge in [-0.3, -0.25) is 0 Å². The van der Waals surface area contributed by atoms with Crippen LogP contribution in [0, 0.1) is 5.92 Å². The average Bonchev–Trinajstić information content (AvgIpc) is 2.43. The van der Waals surface area contributed by atoms with Crippen LogP contribution in [0.15, 0.2) is 12.7 Å². The minimum absolute atomic E-state index is 0.0301. The first kappa shape index (κ1) is 10.7. The monoisotopic (exact) mass is 186 g/mol. The molecular weight excluding hydrogens is 168 g/mol. The van der Waals surface area contributed by atoms with Crippen molar-refractivity contribution in [3.8, 4) is 0 Å². The lowest BCUT2D eigenvalue weighted by Crippen LogP contribution is -2.34. The lowest BCUT2D eigenvalue weighted by molar-refractivity contribution is -0.153. The second kappa shape index (κ2) is 3.78. The summed E-state index contributed by atoms with van der Waals surface area (Å²) in [5.74, 6) is -0.533. The SMILES string of the molecule is C=C[C@H](C)[C@@H](O)[C@@H]1COC(C)(C)O1. The summed E-state index contributed by atoms with van der Waals surface area (Å²) in [6.07, 6.45) is 0.960. The fraction of sp³-hybridized carbons (Fsp3) is 0.800. The van der Waals surface area contributed by atoms with Crippen LogP contribution in [0.2, 0.25) is 0 Å². The van der Waals surface area contributed by atoms with E-state index in [1.54, 1.807) is 6.08 Å². The molecule has 1 aliphatic rings. The second-order valence-electron chi connectivity index (χ2n) is 3.95. The summed E-state index contributed by atoms with van der Waals surface area (Å²) in [7, 11) is 0. The number of hydrogen-bond acceptors (Lipinski definition) is 3. The van der Waals surface area contributed by atoms with Crippen molar-refractivity contribution in [1.82, 2.24) is 0 Å². The molecule has 1 saturated heterocycles. The van der Waals surface area contributed by atoms with Gasteiger partial charge in [0.1, 0.15) is 6.10 Å². The van der Waals surface area contributed by atoms with E-state index in [1.807, 2.05) is 20.8 Å². The maximum Gasteiger partial charge on any atom is 0.163 e. The molecule has 3 nitrogen and oxygen atoms in total. The fourth-order valence-corrected chi connectivity index (χ4v) is 1.36. The molecule has 0 aromatic heterocycles. The van der Waals surface area contributed by atoms with Gasteiger partial charge in [0.2, 0.25) is 0 Å². The second-order valence-corrected chi connectivity index (χ2v) is 3.95.